The zero-order valence-electron chi connectivity index (χ0n) is 12.2. The van der Waals surface area contributed by atoms with Gasteiger partial charge in [-0.05, 0) is 5.56 Å². The van der Waals surface area contributed by atoms with Gasteiger partial charge in [-0.3, -0.25) is 4.79 Å². The third-order valence-corrected chi connectivity index (χ3v) is 4.06. The number of aliphatic hydroxyl groups is 1. The van der Waals surface area contributed by atoms with Gasteiger partial charge in [0.1, 0.15) is 10.7 Å². The van der Waals surface area contributed by atoms with Crippen LogP contribution >= 0.6 is 23.7 Å². The van der Waals surface area contributed by atoms with E-state index < -0.39 is 24.2 Å². The molecule has 0 bridgehead atoms. The molecular weight excluding hydrogens is 367 g/mol. The van der Waals surface area contributed by atoms with E-state index >= 15 is 0 Å². The lowest BCUT2D eigenvalue weighted by Gasteiger charge is -2.31. The first-order chi connectivity index (χ1) is 10.8. The van der Waals surface area contributed by atoms with Crippen LogP contribution in [0.4, 0.5) is 13.2 Å². The van der Waals surface area contributed by atoms with Crippen molar-refractivity contribution in [2.24, 2.45) is 5.73 Å². The van der Waals surface area contributed by atoms with Gasteiger partial charge in [0.2, 0.25) is 5.60 Å². The fourth-order valence-electron chi connectivity index (χ4n) is 1.89. The van der Waals surface area contributed by atoms with Crippen molar-refractivity contribution in [2.75, 3.05) is 6.54 Å². The quantitative estimate of drug-likeness (QED) is 0.741. The van der Waals surface area contributed by atoms with Gasteiger partial charge < -0.3 is 16.2 Å². The summed E-state index contributed by atoms with van der Waals surface area (Å²) >= 11 is 1.13. The van der Waals surface area contributed by atoms with Crippen molar-refractivity contribution >= 4 is 29.7 Å². The monoisotopic (exact) mass is 381 g/mol. The van der Waals surface area contributed by atoms with Crippen LogP contribution in [0.2, 0.25) is 0 Å². The van der Waals surface area contributed by atoms with Crippen LogP contribution in [0.15, 0.2) is 35.7 Å². The lowest BCUT2D eigenvalue weighted by atomic mass is 9.93. The van der Waals surface area contributed by atoms with Gasteiger partial charge in [-0.1, -0.05) is 30.3 Å². The van der Waals surface area contributed by atoms with Gasteiger partial charge in [-0.25, -0.2) is 4.98 Å². The Kier molecular flexibility index (Phi) is 6.73. The zero-order valence-corrected chi connectivity index (χ0v) is 13.8. The number of nitrogens with zero attached hydrogens (tertiary/aromatic N) is 1. The number of amides is 1. The number of alkyl halides is 3. The topological polar surface area (TPSA) is 88.2 Å². The predicted molar refractivity (Wildman–Crippen MR) is 86.0 cm³/mol. The zero-order chi connectivity index (χ0) is 17.1. The van der Waals surface area contributed by atoms with Gasteiger partial charge in [0, 0.05) is 11.9 Å². The molecule has 0 saturated heterocycles. The molecule has 5 nitrogen and oxygen atoms in total. The highest BCUT2D eigenvalue weighted by Crippen LogP contribution is 2.38. The van der Waals surface area contributed by atoms with Crippen molar-refractivity contribution in [2.45, 2.75) is 18.3 Å². The number of benzene rings is 1. The molecule has 24 heavy (non-hydrogen) atoms. The van der Waals surface area contributed by atoms with E-state index in [0.29, 0.717) is 5.01 Å². The number of nitrogens with two attached hydrogens (primary N) is 1. The second kappa shape index (κ2) is 7.93. The molecule has 0 aliphatic carbocycles. The lowest BCUT2D eigenvalue weighted by Crippen LogP contribution is -2.51. The molecule has 2 rings (SSSR count). The number of nitrogens with one attached hydrogen (secondary N) is 1. The summed E-state index contributed by atoms with van der Waals surface area (Å²) in [6.45, 7) is -0.886. The summed E-state index contributed by atoms with van der Waals surface area (Å²) in [6, 6.07) is 6.58. The van der Waals surface area contributed by atoms with E-state index in [9.17, 15) is 23.1 Å². The maximum atomic E-state index is 13.3. The number of hydrogen-bond acceptors (Lipinski definition) is 5. The largest absolute Gasteiger partial charge is 0.423 e. The number of thiazole rings is 1. The number of carbonyl (C=O) groups excluding carboxylic acids is 1. The van der Waals surface area contributed by atoms with Gasteiger partial charge in [0.25, 0.3) is 5.91 Å². The second-order valence-corrected chi connectivity index (χ2v) is 5.68. The van der Waals surface area contributed by atoms with Crippen LogP contribution in [-0.4, -0.2) is 28.7 Å². The Morgan fingerprint density at radius 2 is 1.92 bits per heavy atom. The number of rotatable bonds is 5. The molecule has 1 atom stereocenters. The van der Waals surface area contributed by atoms with E-state index in [1.165, 1.54) is 23.6 Å². The summed E-state index contributed by atoms with van der Waals surface area (Å²) in [5.74, 6) is -0.806. The lowest BCUT2D eigenvalue weighted by molar-refractivity contribution is -0.263. The molecule has 1 aromatic carbocycles. The fourth-order valence-corrected chi connectivity index (χ4v) is 2.54. The minimum atomic E-state index is -4.95. The predicted octanol–water partition coefficient (Wildman–Crippen LogP) is 2.20. The van der Waals surface area contributed by atoms with Crippen LogP contribution in [0.25, 0.3) is 0 Å². The Balaban J connectivity index is 0.00000288. The second-order valence-electron chi connectivity index (χ2n) is 4.74. The molecule has 1 heterocycles. The Hall–Kier alpha value is -1.68. The number of aromatic nitrogens is 1. The highest BCUT2D eigenvalue weighted by Gasteiger charge is 2.55. The van der Waals surface area contributed by atoms with Crippen LogP contribution in [0.3, 0.4) is 0 Å². The standard InChI is InChI=1S/C14H14F3N3O2S.ClH/c15-14(16,17)13(22,9-4-2-1-3-5-9)8-19-12(21)10-7-23-11(6-18)20-10;/h1-5,7,22H,6,8,18H2,(H,19,21);1H. The van der Waals surface area contributed by atoms with Crippen molar-refractivity contribution < 1.29 is 23.1 Å². The minimum Gasteiger partial charge on any atom is -0.375 e. The number of hydrogen-bond donors (Lipinski definition) is 3. The highest BCUT2D eigenvalue weighted by molar-refractivity contribution is 7.09. The normalized spacial score (nSPS) is 13.7. The smallest absolute Gasteiger partial charge is 0.375 e. The van der Waals surface area contributed by atoms with Gasteiger partial charge in [-0.15, -0.1) is 23.7 Å². The van der Waals surface area contributed by atoms with Crippen molar-refractivity contribution in [3.05, 3.63) is 52.0 Å². The molecule has 0 aliphatic rings. The molecular formula is C14H15ClF3N3O2S. The van der Waals surface area contributed by atoms with Crippen molar-refractivity contribution in [1.29, 1.82) is 0 Å². The maximum absolute atomic E-state index is 13.3. The summed E-state index contributed by atoms with van der Waals surface area (Å²) < 4.78 is 39.8. The molecule has 0 spiro atoms. The SMILES string of the molecule is Cl.NCc1nc(C(=O)NCC(O)(c2ccccc2)C(F)(F)F)cs1. The van der Waals surface area contributed by atoms with E-state index in [2.05, 4.69) is 10.3 Å². The molecule has 0 aliphatic heterocycles. The first-order valence-electron chi connectivity index (χ1n) is 6.55. The van der Waals surface area contributed by atoms with Gasteiger partial charge in [0.15, 0.2) is 0 Å². The Labute approximate surface area is 146 Å². The molecule has 1 unspecified atom stereocenters. The Morgan fingerprint density at radius 3 is 2.42 bits per heavy atom. The van der Waals surface area contributed by atoms with E-state index in [1.807, 2.05) is 0 Å². The van der Waals surface area contributed by atoms with E-state index in [-0.39, 0.29) is 30.2 Å². The molecule has 132 valence electrons. The van der Waals surface area contributed by atoms with Gasteiger partial charge in [-0.2, -0.15) is 13.2 Å². The molecule has 10 heteroatoms. The molecule has 4 N–H and O–H groups in total. The van der Waals surface area contributed by atoms with Crippen molar-refractivity contribution in [3.63, 3.8) is 0 Å². The molecule has 2 aromatic rings. The summed E-state index contributed by atoms with van der Waals surface area (Å²) in [7, 11) is 0. The average Bonchev–Trinajstić information content (AvgIpc) is 3.01. The minimum absolute atomic E-state index is 0. The van der Waals surface area contributed by atoms with Gasteiger partial charge in [0.05, 0.1) is 6.54 Å². The molecule has 1 amide bonds. The van der Waals surface area contributed by atoms with Crippen LogP contribution < -0.4 is 11.1 Å². The average molecular weight is 382 g/mol. The highest BCUT2D eigenvalue weighted by atomic mass is 35.5. The van der Waals surface area contributed by atoms with Gasteiger partial charge >= 0.3 is 6.18 Å². The summed E-state index contributed by atoms with van der Waals surface area (Å²) in [5.41, 5.74) is 1.80. The number of carbonyl (C=O) groups is 1. The van der Waals surface area contributed by atoms with Crippen LogP contribution in [0.1, 0.15) is 21.1 Å². The van der Waals surface area contributed by atoms with E-state index in [0.717, 1.165) is 23.5 Å². The fraction of sp³-hybridized carbons (Fsp3) is 0.286. The Bertz CT molecular complexity index is 681. The Morgan fingerprint density at radius 1 is 1.29 bits per heavy atom. The number of halogens is 4. The van der Waals surface area contributed by atoms with E-state index in [4.69, 9.17) is 5.73 Å². The third kappa shape index (κ3) is 4.23. The van der Waals surface area contributed by atoms with Crippen LogP contribution in [0.5, 0.6) is 0 Å². The summed E-state index contributed by atoms with van der Waals surface area (Å²) in [6.07, 6.45) is -4.95. The van der Waals surface area contributed by atoms with Crippen LogP contribution in [0, 0.1) is 0 Å². The molecule has 1 aromatic heterocycles. The van der Waals surface area contributed by atoms with Crippen LogP contribution in [-0.2, 0) is 12.1 Å². The van der Waals surface area contributed by atoms with E-state index in [1.54, 1.807) is 0 Å². The molecule has 0 fully saturated rings. The van der Waals surface area contributed by atoms with Crippen molar-refractivity contribution in [3.8, 4) is 0 Å². The summed E-state index contributed by atoms with van der Waals surface area (Å²) in [5, 5.41) is 14.1. The third-order valence-electron chi connectivity index (χ3n) is 3.18. The van der Waals surface area contributed by atoms with Crippen molar-refractivity contribution in [1.82, 2.24) is 10.3 Å². The first kappa shape index (κ1) is 20.4. The first-order valence-corrected chi connectivity index (χ1v) is 7.43. The maximum Gasteiger partial charge on any atom is 0.423 e. The molecule has 0 saturated carbocycles. The summed E-state index contributed by atoms with van der Waals surface area (Å²) in [4.78, 5) is 15.8. The molecule has 0 radical (unpaired) electrons.